The quantitative estimate of drug-likeness (QED) is 0.558. The van der Waals surface area contributed by atoms with Gasteiger partial charge in [0.1, 0.15) is 0 Å². The molecule has 192 valence electrons. The first-order valence-corrected chi connectivity index (χ1v) is 12.2. The van der Waals surface area contributed by atoms with Gasteiger partial charge in [0.15, 0.2) is 11.5 Å². The third kappa shape index (κ3) is 6.14. The number of aromatic nitrogens is 2. The molecule has 3 rings (SSSR count). The molecule has 1 aliphatic heterocycles. The van der Waals surface area contributed by atoms with Crippen LogP contribution >= 0.6 is 0 Å². The van der Waals surface area contributed by atoms with E-state index in [0.29, 0.717) is 30.0 Å². The monoisotopic (exact) mass is 486 g/mol. The Morgan fingerprint density at radius 1 is 1.26 bits per heavy atom. The van der Waals surface area contributed by atoms with Crippen molar-refractivity contribution in [3.63, 3.8) is 0 Å². The number of aromatic hydroxyl groups is 1. The van der Waals surface area contributed by atoms with Gasteiger partial charge in [-0.3, -0.25) is 14.3 Å². The molecule has 2 heterocycles. The summed E-state index contributed by atoms with van der Waals surface area (Å²) in [5.74, 6) is -0.0281. The number of aryl methyl sites for hydroxylation is 1. The Morgan fingerprint density at radius 3 is 2.66 bits per heavy atom. The Morgan fingerprint density at radius 2 is 2.00 bits per heavy atom. The van der Waals surface area contributed by atoms with Gasteiger partial charge >= 0.3 is 0 Å². The number of carbonyl (C=O) groups excluding carboxylic acids is 2. The Hall–Kier alpha value is -3.07. The van der Waals surface area contributed by atoms with Crippen LogP contribution in [0.1, 0.15) is 68.5 Å². The summed E-state index contributed by atoms with van der Waals surface area (Å²) in [5.41, 5.74) is 1.82. The number of fused-ring (bicyclic) bond motifs is 1. The second-order valence-electron chi connectivity index (χ2n) is 9.62. The number of methoxy groups -OCH3 is 2. The zero-order chi connectivity index (χ0) is 25.7. The van der Waals surface area contributed by atoms with Crippen LogP contribution in [-0.2, 0) is 16.6 Å². The summed E-state index contributed by atoms with van der Waals surface area (Å²) in [6.45, 7) is 6.52. The molecule has 9 nitrogen and oxygen atoms in total. The van der Waals surface area contributed by atoms with Crippen molar-refractivity contribution in [2.75, 3.05) is 25.7 Å². The first-order valence-electron chi connectivity index (χ1n) is 12.2. The number of anilines is 1. The molecule has 2 aromatic rings. The molecule has 1 aliphatic rings. The van der Waals surface area contributed by atoms with E-state index in [2.05, 4.69) is 17.3 Å². The maximum atomic E-state index is 13.5. The number of benzene rings is 1. The van der Waals surface area contributed by atoms with Crippen LogP contribution in [0, 0.1) is 11.8 Å². The van der Waals surface area contributed by atoms with Gasteiger partial charge in [-0.15, -0.1) is 0 Å². The first-order chi connectivity index (χ1) is 16.7. The minimum Gasteiger partial charge on any atom is -0.504 e. The Bertz CT molecular complexity index is 1040. The van der Waals surface area contributed by atoms with Crippen molar-refractivity contribution in [1.82, 2.24) is 15.1 Å². The van der Waals surface area contributed by atoms with Gasteiger partial charge in [0.2, 0.25) is 5.91 Å². The lowest BCUT2D eigenvalue weighted by molar-refractivity contribution is -0.125. The lowest BCUT2D eigenvalue weighted by Gasteiger charge is -2.23. The number of carbonyl (C=O) groups is 2. The molecule has 0 spiro atoms. The Balaban J connectivity index is 1.81. The minimum atomic E-state index is -0.262. The van der Waals surface area contributed by atoms with Crippen LogP contribution in [-0.4, -0.2) is 53.6 Å². The van der Waals surface area contributed by atoms with E-state index >= 15 is 0 Å². The summed E-state index contributed by atoms with van der Waals surface area (Å²) < 4.78 is 12.1. The third-order valence-corrected chi connectivity index (χ3v) is 6.80. The van der Waals surface area contributed by atoms with Crippen LogP contribution < -0.4 is 15.0 Å². The van der Waals surface area contributed by atoms with Crippen LogP contribution in [0.4, 0.5) is 5.69 Å². The van der Waals surface area contributed by atoms with E-state index in [0.717, 1.165) is 25.0 Å². The van der Waals surface area contributed by atoms with Crippen LogP contribution in [0.2, 0.25) is 0 Å². The molecule has 2 amide bonds. The van der Waals surface area contributed by atoms with Crippen LogP contribution in [0.15, 0.2) is 24.4 Å². The fourth-order valence-electron chi connectivity index (χ4n) is 4.62. The average molecular weight is 487 g/mol. The van der Waals surface area contributed by atoms with Gasteiger partial charge in [-0.2, -0.15) is 5.10 Å². The number of amides is 2. The van der Waals surface area contributed by atoms with E-state index in [1.165, 1.54) is 13.2 Å². The molecule has 9 heteroatoms. The van der Waals surface area contributed by atoms with Gasteiger partial charge in [-0.05, 0) is 50.3 Å². The highest BCUT2D eigenvalue weighted by Gasteiger charge is 2.34. The van der Waals surface area contributed by atoms with Crippen molar-refractivity contribution >= 4 is 17.5 Å². The molecule has 0 fully saturated rings. The predicted octanol–water partition coefficient (Wildman–Crippen LogP) is 3.82. The zero-order valence-corrected chi connectivity index (χ0v) is 21.6. The first kappa shape index (κ1) is 26.5. The summed E-state index contributed by atoms with van der Waals surface area (Å²) in [6, 6.07) is 4.37. The number of nitrogens with one attached hydrogen (secondary N) is 1. The van der Waals surface area contributed by atoms with Crippen molar-refractivity contribution in [2.45, 2.75) is 58.6 Å². The fraction of sp³-hybridized carbons (Fsp3) is 0.577. The maximum Gasteiger partial charge on any atom is 0.258 e. The number of hydrogen-bond donors (Lipinski definition) is 2. The number of ether oxygens (including phenoxy) is 2. The average Bonchev–Trinajstić information content (AvgIpc) is 3.15. The number of hydrogen-bond acceptors (Lipinski definition) is 6. The van der Waals surface area contributed by atoms with Crippen molar-refractivity contribution in [1.29, 1.82) is 0 Å². The highest BCUT2D eigenvalue weighted by atomic mass is 16.5. The van der Waals surface area contributed by atoms with Crippen LogP contribution in [0.25, 0.3) is 0 Å². The molecule has 1 aromatic heterocycles. The highest BCUT2D eigenvalue weighted by molar-refractivity contribution is 6.07. The zero-order valence-electron chi connectivity index (χ0n) is 21.6. The molecule has 4 atom stereocenters. The summed E-state index contributed by atoms with van der Waals surface area (Å²) >= 11 is 0. The standard InChI is InChI=1S/C26H38N4O5/c1-16-12-20(28-25(32)17(2)8-7-9-18(3)34-5)24-21(14-27-29(24)4)30(15-16)26(33)19-10-11-23(35-6)22(31)13-19/h10-11,13-14,16-18,20,31H,7-9,12,15H2,1-6H3,(H,28,32). The largest absolute Gasteiger partial charge is 0.504 e. The molecule has 4 unspecified atom stereocenters. The van der Waals surface area contributed by atoms with E-state index in [-0.39, 0.29) is 41.5 Å². The highest BCUT2D eigenvalue weighted by Crippen LogP contribution is 2.36. The van der Waals surface area contributed by atoms with Crippen molar-refractivity contribution in [2.24, 2.45) is 18.9 Å². The molecule has 0 aliphatic carbocycles. The van der Waals surface area contributed by atoms with Crippen molar-refractivity contribution in [3.8, 4) is 11.5 Å². The number of phenols is 1. The SMILES string of the molecule is COc1ccc(C(=O)N2CC(C)CC(NC(=O)C(C)CCCC(C)OC)c3c2cnn3C)cc1O. The molecule has 35 heavy (non-hydrogen) atoms. The molecular formula is C26H38N4O5. The number of nitrogens with zero attached hydrogens (tertiary/aromatic N) is 3. The van der Waals surface area contributed by atoms with Gasteiger partial charge < -0.3 is 24.8 Å². The van der Waals surface area contributed by atoms with Gasteiger partial charge in [-0.25, -0.2) is 0 Å². The van der Waals surface area contributed by atoms with Crippen LogP contribution in [0.5, 0.6) is 11.5 Å². The molecule has 0 radical (unpaired) electrons. The second-order valence-corrected chi connectivity index (χ2v) is 9.62. The topological polar surface area (TPSA) is 106 Å². The van der Waals surface area contributed by atoms with E-state index < -0.39 is 0 Å². The Labute approximate surface area is 207 Å². The fourth-order valence-corrected chi connectivity index (χ4v) is 4.62. The minimum absolute atomic E-state index is 0.000673. The van der Waals surface area contributed by atoms with Gasteiger partial charge in [0.05, 0.1) is 36.8 Å². The third-order valence-electron chi connectivity index (χ3n) is 6.80. The van der Waals surface area contributed by atoms with Crippen LogP contribution in [0.3, 0.4) is 0 Å². The van der Waals surface area contributed by atoms with Gasteiger partial charge in [0, 0.05) is 32.2 Å². The van der Waals surface area contributed by atoms with E-state index in [1.54, 1.807) is 35.0 Å². The second kappa shape index (κ2) is 11.6. The smallest absolute Gasteiger partial charge is 0.258 e. The van der Waals surface area contributed by atoms with Gasteiger partial charge in [0.25, 0.3) is 5.91 Å². The molecule has 1 aromatic carbocycles. The lowest BCUT2D eigenvalue weighted by Crippen LogP contribution is -2.34. The van der Waals surface area contributed by atoms with E-state index in [9.17, 15) is 14.7 Å². The maximum absolute atomic E-state index is 13.5. The summed E-state index contributed by atoms with van der Waals surface area (Å²) in [7, 11) is 4.99. The van der Waals surface area contributed by atoms with E-state index in [4.69, 9.17) is 9.47 Å². The molecule has 0 saturated carbocycles. The molecule has 0 bridgehead atoms. The molecule has 0 saturated heterocycles. The molecular weight excluding hydrogens is 448 g/mol. The van der Waals surface area contributed by atoms with Crippen molar-refractivity contribution in [3.05, 3.63) is 35.7 Å². The van der Waals surface area contributed by atoms with E-state index in [1.807, 2.05) is 20.9 Å². The number of rotatable bonds is 9. The van der Waals surface area contributed by atoms with Gasteiger partial charge in [-0.1, -0.05) is 20.3 Å². The number of phenolic OH excluding ortho intramolecular Hbond substituents is 1. The van der Waals surface area contributed by atoms with Crippen molar-refractivity contribution < 1.29 is 24.2 Å². The predicted molar refractivity (Wildman–Crippen MR) is 134 cm³/mol. The summed E-state index contributed by atoms with van der Waals surface area (Å²) in [5, 5.41) is 17.8. The summed E-state index contributed by atoms with van der Waals surface area (Å²) in [4.78, 5) is 28.2. The Kier molecular flexibility index (Phi) is 8.77. The lowest BCUT2D eigenvalue weighted by atomic mass is 9.98. The normalized spacial score (nSPS) is 19.4. The molecule has 2 N–H and O–H groups in total. The summed E-state index contributed by atoms with van der Waals surface area (Å²) in [6.07, 6.45) is 5.15.